The molecule has 0 aliphatic carbocycles. The molecule has 148 valence electrons. The van der Waals surface area contributed by atoms with Gasteiger partial charge in [0.15, 0.2) is 0 Å². The summed E-state index contributed by atoms with van der Waals surface area (Å²) in [7, 11) is 0. The van der Waals surface area contributed by atoms with Crippen LogP contribution in [-0.4, -0.2) is 72.0 Å². The normalized spacial score (nSPS) is 30.4. The number of piperidine rings is 1. The van der Waals surface area contributed by atoms with Crippen molar-refractivity contribution in [2.24, 2.45) is 0 Å². The summed E-state index contributed by atoms with van der Waals surface area (Å²) in [6.07, 6.45) is 0.906. The first-order valence-corrected chi connectivity index (χ1v) is 9.92. The van der Waals surface area contributed by atoms with Crippen LogP contribution in [0.4, 0.5) is 0 Å². The second-order valence-corrected chi connectivity index (χ2v) is 8.06. The number of morpholine rings is 1. The lowest BCUT2D eigenvalue weighted by atomic mass is 10.0. The van der Waals surface area contributed by atoms with Gasteiger partial charge in [0, 0.05) is 50.7 Å². The number of hydrogen-bond acceptors (Lipinski definition) is 6. The Kier molecular flexibility index (Phi) is 4.41. The molecule has 1 aromatic carbocycles. The summed E-state index contributed by atoms with van der Waals surface area (Å²) < 4.78 is 5.83. The molecule has 1 aromatic rings. The van der Waals surface area contributed by atoms with Crippen LogP contribution in [0.5, 0.6) is 0 Å². The molecule has 4 aliphatic rings. The maximum Gasteiger partial charge on any atom is 0.255 e. The van der Waals surface area contributed by atoms with Crippen LogP contribution in [0.3, 0.4) is 0 Å². The van der Waals surface area contributed by atoms with Crippen LogP contribution in [0, 0.1) is 0 Å². The van der Waals surface area contributed by atoms with E-state index in [0.29, 0.717) is 24.6 Å². The Hall–Kier alpha value is -2.29. The molecule has 0 radical (unpaired) electrons. The molecule has 8 heteroatoms. The van der Waals surface area contributed by atoms with Gasteiger partial charge in [-0.3, -0.25) is 24.6 Å². The number of nitrogens with one attached hydrogen (secondary N) is 2. The van der Waals surface area contributed by atoms with Gasteiger partial charge in [-0.25, -0.2) is 0 Å². The Morgan fingerprint density at radius 2 is 2.07 bits per heavy atom. The van der Waals surface area contributed by atoms with Crippen molar-refractivity contribution in [2.75, 3.05) is 26.2 Å². The van der Waals surface area contributed by atoms with Crippen LogP contribution in [0.1, 0.15) is 34.3 Å². The van der Waals surface area contributed by atoms with Crippen molar-refractivity contribution < 1.29 is 19.1 Å². The maximum absolute atomic E-state index is 12.9. The predicted molar refractivity (Wildman–Crippen MR) is 99.3 cm³/mol. The third-order valence-corrected chi connectivity index (χ3v) is 6.18. The number of imide groups is 1. The van der Waals surface area contributed by atoms with Crippen molar-refractivity contribution in [1.82, 2.24) is 20.4 Å². The zero-order chi connectivity index (χ0) is 19.3. The van der Waals surface area contributed by atoms with Crippen LogP contribution < -0.4 is 10.6 Å². The van der Waals surface area contributed by atoms with Gasteiger partial charge >= 0.3 is 0 Å². The minimum absolute atomic E-state index is 0.119. The van der Waals surface area contributed by atoms with Gasteiger partial charge in [-0.1, -0.05) is 12.1 Å². The molecule has 0 spiro atoms. The summed E-state index contributed by atoms with van der Waals surface area (Å²) in [6.45, 7) is 4.70. The fourth-order valence-electron chi connectivity index (χ4n) is 4.76. The van der Waals surface area contributed by atoms with E-state index in [1.807, 2.05) is 12.1 Å². The first-order chi connectivity index (χ1) is 13.6. The van der Waals surface area contributed by atoms with E-state index in [9.17, 15) is 14.4 Å². The van der Waals surface area contributed by atoms with E-state index < -0.39 is 6.04 Å². The van der Waals surface area contributed by atoms with Gasteiger partial charge in [0.1, 0.15) is 6.04 Å². The number of nitrogens with zero attached hydrogens (tertiary/aromatic N) is 2. The average Bonchev–Trinajstić information content (AvgIpc) is 3.23. The second kappa shape index (κ2) is 6.95. The van der Waals surface area contributed by atoms with Gasteiger partial charge in [-0.15, -0.1) is 0 Å². The number of benzene rings is 1. The molecule has 28 heavy (non-hydrogen) atoms. The number of ether oxygens (including phenoxy) is 1. The topological polar surface area (TPSA) is 91.0 Å². The molecule has 3 atom stereocenters. The first kappa shape index (κ1) is 17.8. The van der Waals surface area contributed by atoms with Crippen LogP contribution >= 0.6 is 0 Å². The zero-order valence-corrected chi connectivity index (χ0v) is 15.6. The monoisotopic (exact) mass is 384 g/mol. The molecule has 0 aromatic heterocycles. The van der Waals surface area contributed by atoms with E-state index >= 15 is 0 Å². The summed E-state index contributed by atoms with van der Waals surface area (Å²) in [5, 5.41) is 5.85. The zero-order valence-electron chi connectivity index (χ0n) is 15.6. The summed E-state index contributed by atoms with van der Waals surface area (Å²) in [4.78, 5) is 40.4. The van der Waals surface area contributed by atoms with Crippen molar-refractivity contribution in [1.29, 1.82) is 0 Å². The smallest absolute Gasteiger partial charge is 0.255 e. The Balaban J connectivity index is 1.28. The molecule has 3 amide bonds. The average molecular weight is 384 g/mol. The Morgan fingerprint density at radius 3 is 2.89 bits per heavy atom. The highest BCUT2D eigenvalue weighted by Gasteiger charge is 2.39. The van der Waals surface area contributed by atoms with E-state index in [0.717, 1.165) is 43.9 Å². The van der Waals surface area contributed by atoms with Crippen molar-refractivity contribution >= 4 is 17.7 Å². The molecule has 2 N–H and O–H groups in total. The summed E-state index contributed by atoms with van der Waals surface area (Å²) >= 11 is 0. The van der Waals surface area contributed by atoms with Crippen LogP contribution in [0.25, 0.3) is 0 Å². The SMILES string of the molecule is O=C1CCC(N2Cc3ccc(CN4CC5NCCOC5C4)cc3C2=O)C(=O)N1. The quantitative estimate of drug-likeness (QED) is 0.691. The van der Waals surface area contributed by atoms with E-state index in [1.54, 1.807) is 4.90 Å². The largest absolute Gasteiger partial charge is 0.374 e. The predicted octanol–water partition coefficient (Wildman–Crippen LogP) is -0.380. The van der Waals surface area contributed by atoms with Crippen LogP contribution in [-0.2, 0) is 27.4 Å². The summed E-state index contributed by atoms with van der Waals surface area (Å²) in [5.74, 6) is -0.756. The first-order valence-electron chi connectivity index (χ1n) is 9.92. The summed E-state index contributed by atoms with van der Waals surface area (Å²) in [6, 6.07) is 5.83. The van der Waals surface area contributed by atoms with Crippen LogP contribution in [0.15, 0.2) is 18.2 Å². The fraction of sp³-hybridized carbons (Fsp3) is 0.550. The Morgan fingerprint density at radius 1 is 1.18 bits per heavy atom. The molecule has 0 bridgehead atoms. The number of carbonyl (C=O) groups is 3. The lowest BCUT2D eigenvalue weighted by Gasteiger charge is -2.29. The molecule has 3 fully saturated rings. The lowest BCUT2D eigenvalue weighted by molar-refractivity contribution is -0.136. The van der Waals surface area contributed by atoms with Gasteiger partial charge in [0.25, 0.3) is 5.91 Å². The fourth-order valence-corrected chi connectivity index (χ4v) is 4.76. The Labute approximate surface area is 163 Å². The van der Waals surface area contributed by atoms with Gasteiger partial charge < -0.3 is 15.0 Å². The molecular formula is C20H24N4O4. The molecule has 3 unspecified atom stereocenters. The van der Waals surface area contributed by atoms with Crippen molar-refractivity contribution in [3.8, 4) is 0 Å². The number of carbonyl (C=O) groups excluding carboxylic acids is 3. The maximum atomic E-state index is 12.9. The highest BCUT2D eigenvalue weighted by Crippen LogP contribution is 2.29. The van der Waals surface area contributed by atoms with Gasteiger partial charge in [-0.2, -0.15) is 0 Å². The van der Waals surface area contributed by atoms with Crippen molar-refractivity contribution in [2.45, 2.75) is 44.1 Å². The molecule has 5 rings (SSSR count). The number of hydrogen-bond donors (Lipinski definition) is 2. The number of likely N-dealkylation sites (tertiary alicyclic amines) is 1. The van der Waals surface area contributed by atoms with E-state index in [1.165, 1.54) is 0 Å². The molecule has 0 saturated carbocycles. The van der Waals surface area contributed by atoms with Gasteiger partial charge in [0.05, 0.1) is 12.7 Å². The molecule has 3 saturated heterocycles. The third kappa shape index (κ3) is 3.11. The number of rotatable bonds is 3. The number of amides is 3. The molecule has 4 aliphatic heterocycles. The highest BCUT2D eigenvalue weighted by molar-refractivity contribution is 6.05. The number of fused-ring (bicyclic) bond motifs is 2. The minimum Gasteiger partial charge on any atom is -0.374 e. The van der Waals surface area contributed by atoms with E-state index in [-0.39, 0.29) is 30.2 Å². The van der Waals surface area contributed by atoms with Crippen molar-refractivity contribution in [3.05, 3.63) is 34.9 Å². The van der Waals surface area contributed by atoms with Crippen LogP contribution in [0.2, 0.25) is 0 Å². The second-order valence-electron chi connectivity index (χ2n) is 8.06. The third-order valence-electron chi connectivity index (χ3n) is 6.18. The minimum atomic E-state index is -0.564. The lowest BCUT2D eigenvalue weighted by Crippen LogP contribution is -2.52. The standard InChI is InChI=1S/C20H24N4O4/c25-18-4-3-16(19(26)22-18)24-9-13-2-1-12(7-14(13)20(24)27)8-23-10-15-17(11-23)28-6-5-21-15/h1-2,7,15-17,21H,3-6,8-11H2,(H,22,25,26). The molecule has 8 nitrogen and oxygen atoms in total. The summed E-state index contributed by atoms with van der Waals surface area (Å²) in [5.41, 5.74) is 2.71. The molecule has 4 heterocycles. The molecular weight excluding hydrogens is 360 g/mol. The Bertz CT molecular complexity index is 827. The highest BCUT2D eigenvalue weighted by atomic mass is 16.5. The van der Waals surface area contributed by atoms with Gasteiger partial charge in [0.2, 0.25) is 11.8 Å². The van der Waals surface area contributed by atoms with Gasteiger partial charge in [-0.05, 0) is 23.6 Å². The van der Waals surface area contributed by atoms with E-state index in [4.69, 9.17) is 4.74 Å². The van der Waals surface area contributed by atoms with E-state index in [2.05, 4.69) is 21.6 Å². The van der Waals surface area contributed by atoms with Crippen molar-refractivity contribution in [3.63, 3.8) is 0 Å².